The molecule has 2 N–H and O–H groups in total. The Kier molecular flexibility index (Phi) is 9.07. The fourth-order valence-corrected chi connectivity index (χ4v) is 4.07. The standard InChI is InChI=1S/C21H35N3O4S/c1-5-22-21(24-16(2)12-13-29(4,25)26)23-15-17-10-11-19(27-3)20(14-17)28-18-8-6-7-9-18/h10-11,14,16,18H,5-9,12-13,15H2,1-4H3,(H2,22,23,24). The summed E-state index contributed by atoms with van der Waals surface area (Å²) in [5.74, 6) is 2.33. The normalized spacial score (nSPS) is 16.5. The molecule has 0 aliphatic heterocycles. The Hall–Kier alpha value is -1.96. The Labute approximate surface area is 175 Å². The molecule has 7 nitrogen and oxygen atoms in total. The molecule has 1 saturated carbocycles. The van der Waals surface area contributed by atoms with Crippen LogP contribution in [0.25, 0.3) is 0 Å². The average molecular weight is 426 g/mol. The topological polar surface area (TPSA) is 89.0 Å². The number of hydrogen-bond donors (Lipinski definition) is 2. The third kappa shape index (κ3) is 8.51. The van der Waals surface area contributed by atoms with Crippen molar-refractivity contribution in [2.45, 2.75) is 64.6 Å². The van der Waals surface area contributed by atoms with E-state index in [1.54, 1.807) is 7.11 Å². The fourth-order valence-electron chi connectivity index (χ4n) is 3.28. The molecule has 8 heteroatoms. The summed E-state index contributed by atoms with van der Waals surface area (Å²) in [5.41, 5.74) is 1.03. The van der Waals surface area contributed by atoms with Gasteiger partial charge in [0.15, 0.2) is 17.5 Å². The van der Waals surface area contributed by atoms with Crippen molar-refractivity contribution >= 4 is 15.8 Å². The summed E-state index contributed by atoms with van der Waals surface area (Å²) < 4.78 is 34.3. The van der Waals surface area contributed by atoms with E-state index in [9.17, 15) is 8.42 Å². The second-order valence-electron chi connectivity index (χ2n) is 7.67. The molecule has 29 heavy (non-hydrogen) atoms. The minimum absolute atomic E-state index is 0.000321. The number of methoxy groups -OCH3 is 1. The van der Waals surface area contributed by atoms with E-state index < -0.39 is 9.84 Å². The molecule has 1 aliphatic rings. The van der Waals surface area contributed by atoms with Crippen LogP contribution in [0.3, 0.4) is 0 Å². The number of ether oxygens (including phenoxy) is 2. The molecule has 1 aliphatic carbocycles. The lowest BCUT2D eigenvalue weighted by Crippen LogP contribution is -2.42. The van der Waals surface area contributed by atoms with E-state index in [1.165, 1.54) is 19.1 Å². The van der Waals surface area contributed by atoms with Crippen LogP contribution in [0, 0.1) is 0 Å². The largest absolute Gasteiger partial charge is 0.493 e. The van der Waals surface area contributed by atoms with Gasteiger partial charge in [0.25, 0.3) is 0 Å². The van der Waals surface area contributed by atoms with Gasteiger partial charge in [-0.3, -0.25) is 0 Å². The first-order valence-corrected chi connectivity index (χ1v) is 12.4. The summed E-state index contributed by atoms with van der Waals surface area (Å²) in [6.45, 7) is 5.17. The molecule has 1 aromatic carbocycles. The minimum Gasteiger partial charge on any atom is -0.493 e. The molecule has 0 heterocycles. The molecule has 0 spiro atoms. The molecule has 0 aromatic heterocycles. The highest BCUT2D eigenvalue weighted by atomic mass is 32.2. The lowest BCUT2D eigenvalue weighted by molar-refractivity contribution is 0.200. The van der Waals surface area contributed by atoms with Crippen molar-refractivity contribution in [3.05, 3.63) is 23.8 Å². The number of nitrogens with one attached hydrogen (secondary N) is 2. The number of nitrogens with zero attached hydrogens (tertiary/aromatic N) is 1. The Morgan fingerprint density at radius 2 is 2.00 bits per heavy atom. The summed E-state index contributed by atoms with van der Waals surface area (Å²) in [4.78, 5) is 4.65. The average Bonchev–Trinajstić information content (AvgIpc) is 3.17. The van der Waals surface area contributed by atoms with Crippen LogP contribution >= 0.6 is 0 Å². The van der Waals surface area contributed by atoms with Crippen molar-refractivity contribution in [1.82, 2.24) is 10.6 Å². The SMILES string of the molecule is CCNC(=NCc1ccc(OC)c(OC2CCCC2)c1)NC(C)CCS(C)(=O)=O. The molecule has 2 rings (SSSR count). The summed E-state index contributed by atoms with van der Waals surface area (Å²) in [6, 6.07) is 5.90. The molecule has 0 bridgehead atoms. The lowest BCUT2D eigenvalue weighted by atomic mass is 10.2. The first-order valence-electron chi connectivity index (χ1n) is 10.4. The van der Waals surface area contributed by atoms with Crippen LogP contribution in [-0.2, 0) is 16.4 Å². The highest BCUT2D eigenvalue weighted by Gasteiger charge is 2.18. The van der Waals surface area contributed by atoms with Crippen molar-refractivity contribution in [3.63, 3.8) is 0 Å². The number of aliphatic imine (C=N–C) groups is 1. The van der Waals surface area contributed by atoms with Gasteiger partial charge in [-0.25, -0.2) is 13.4 Å². The molecule has 1 atom stereocenters. The quantitative estimate of drug-likeness (QED) is 0.443. The summed E-state index contributed by atoms with van der Waals surface area (Å²) >= 11 is 0. The highest BCUT2D eigenvalue weighted by molar-refractivity contribution is 7.90. The van der Waals surface area contributed by atoms with Gasteiger partial charge in [0, 0.05) is 18.8 Å². The van der Waals surface area contributed by atoms with Gasteiger partial charge >= 0.3 is 0 Å². The number of sulfone groups is 1. The van der Waals surface area contributed by atoms with Gasteiger partial charge in [-0.2, -0.15) is 0 Å². The molecular weight excluding hydrogens is 390 g/mol. The molecular formula is C21H35N3O4S. The van der Waals surface area contributed by atoms with E-state index >= 15 is 0 Å². The predicted octanol–water partition coefficient (Wildman–Crippen LogP) is 2.89. The number of benzene rings is 1. The van der Waals surface area contributed by atoms with Crippen molar-refractivity contribution in [2.75, 3.05) is 25.7 Å². The Balaban J connectivity index is 2.03. The molecule has 0 radical (unpaired) electrons. The summed E-state index contributed by atoms with van der Waals surface area (Å²) in [7, 11) is -1.32. The third-order valence-corrected chi connectivity index (χ3v) is 5.87. The maximum absolute atomic E-state index is 11.4. The molecule has 0 saturated heterocycles. The fraction of sp³-hybridized carbons (Fsp3) is 0.667. The van der Waals surface area contributed by atoms with Crippen LogP contribution < -0.4 is 20.1 Å². The van der Waals surface area contributed by atoms with Crippen LogP contribution in [-0.4, -0.2) is 52.2 Å². The number of guanidine groups is 1. The lowest BCUT2D eigenvalue weighted by Gasteiger charge is -2.18. The van der Waals surface area contributed by atoms with Crippen molar-refractivity contribution in [2.24, 2.45) is 4.99 Å². The van der Waals surface area contributed by atoms with Gasteiger partial charge in [-0.1, -0.05) is 6.07 Å². The first-order chi connectivity index (χ1) is 13.8. The van der Waals surface area contributed by atoms with Crippen LogP contribution in [0.15, 0.2) is 23.2 Å². The number of rotatable bonds is 10. The Morgan fingerprint density at radius 1 is 1.28 bits per heavy atom. The Morgan fingerprint density at radius 3 is 2.62 bits per heavy atom. The van der Waals surface area contributed by atoms with Gasteiger partial charge < -0.3 is 20.1 Å². The monoisotopic (exact) mass is 425 g/mol. The van der Waals surface area contributed by atoms with E-state index in [0.717, 1.165) is 36.4 Å². The van der Waals surface area contributed by atoms with Crippen molar-refractivity contribution < 1.29 is 17.9 Å². The molecule has 164 valence electrons. The first kappa shape index (κ1) is 23.3. The molecule has 0 amide bonds. The third-order valence-electron chi connectivity index (χ3n) is 4.89. The van der Waals surface area contributed by atoms with E-state index in [1.807, 2.05) is 32.0 Å². The van der Waals surface area contributed by atoms with Gasteiger partial charge in [0.2, 0.25) is 0 Å². The van der Waals surface area contributed by atoms with Crippen LogP contribution in [0.2, 0.25) is 0 Å². The van der Waals surface area contributed by atoms with Gasteiger partial charge in [0.05, 0.1) is 25.5 Å². The molecule has 1 aromatic rings. The van der Waals surface area contributed by atoms with Gasteiger partial charge in [-0.05, 0) is 63.6 Å². The van der Waals surface area contributed by atoms with Crippen molar-refractivity contribution in [3.8, 4) is 11.5 Å². The maximum atomic E-state index is 11.4. The van der Waals surface area contributed by atoms with Crippen molar-refractivity contribution in [1.29, 1.82) is 0 Å². The second kappa shape index (κ2) is 11.3. The van der Waals surface area contributed by atoms with E-state index in [4.69, 9.17) is 9.47 Å². The minimum atomic E-state index is -2.97. The van der Waals surface area contributed by atoms with E-state index in [-0.39, 0.29) is 17.9 Å². The second-order valence-corrected chi connectivity index (χ2v) is 9.93. The summed E-state index contributed by atoms with van der Waals surface area (Å²) in [5, 5.41) is 6.49. The predicted molar refractivity (Wildman–Crippen MR) is 118 cm³/mol. The Bertz CT molecular complexity index is 774. The van der Waals surface area contributed by atoms with Gasteiger partial charge in [-0.15, -0.1) is 0 Å². The molecule has 1 fully saturated rings. The number of hydrogen-bond acceptors (Lipinski definition) is 5. The van der Waals surface area contributed by atoms with Crippen LogP contribution in [0.5, 0.6) is 11.5 Å². The zero-order valence-electron chi connectivity index (χ0n) is 18.0. The van der Waals surface area contributed by atoms with E-state index in [0.29, 0.717) is 18.9 Å². The van der Waals surface area contributed by atoms with Crippen LogP contribution in [0.1, 0.15) is 51.5 Å². The molecule has 1 unspecified atom stereocenters. The zero-order valence-corrected chi connectivity index (χ0v) is 18.8. The van der Waals surface area contributed by atoms with Crippen LogP contribution in [0.4, 0.5) is 0 Å². The zero-order chi connectivity index (χ0) is 21.3. The maximum Gasteiger partial charge on any atom is 0.191 e. The summed E-state index contributed by atoms with van der Waals surface area (Å²) in [6.07, 6.45) is 6.66. The van der Waals surface area contributed by atoms with E-state index in [2.05, 4.69) is 15.6 Å². The van der Waals surface area contributed by atoms with Gasteiger partial charge in [0.1, 0.15) is 9.84 Å². The highest BCUT2D eigenvalue weighted by Crippen LogP contribution is 2.32. The smallest absolute Gasteiger partial charge is 0.191 e.